The van der Waals surface area contributed by atoms with Crippen molar-refractivity contribution in [3.05, 3.63) is 30.1 Å². The van der Waals surface area contributed by atoms with Crippen LogP contribution in [0.3, 0.4) is 0 Å². The minimum absolute atomic E-state index is 0.0473. The molecule has 2 aliphatic carbocycles. The zero-order valence-electron chi connectivity index (χ0n) is 13.3. The average molecular weight is 317 g/mol. The van der Waals surface area contributed by atoms with E-state index < -0.39 is 0 Å². The minimum Gasteiger partial charge on any atom is -0.368 e. The van der Waals surface area contributed by atoms with Crippen molar-refractivity contribution in [3.63, 3.8) is 0 Å². The maximum absolute atomic E-state index is 13.0. The fourth-order valence-corrected chi connectivity index (χ4v) is 4.75. The van der Waals surface area contributed by atoms with Gasteiger partial charge in [-0.3, -0.25) is 4.79 Å². The van der Waals surface area contributed by atoms with Crippen molar-refractivity contribution in [2.45, 2.75) is 25.3 Å². The number of rotatable bonds is 2. The van der Waals surface area contributed by atoms with Gasteiger partial charge in [-0.2, -0.15) is 0 Å². The summed E-state index contributed by atoms with van der Waals surface area (Å²) in [5.74, 6) is 1.18. The third kappa shape index (κ3) is 2.61. The lowest BCUT2D eigenvalue weighted by Crippen LogP contribution is -2.53. The number of nitrogens with zero attached hydrogens (tertiary/aromatic N) is 2. The minimum atomic E-state index is -0.215. The molecule has 1 amide bonds. The summed E-state index contributed by atoms with van der Waals surface area (Å²) in [6.45, 7) is 3.06. The number of hydrogen-bond donors (Lipinski definition) is 1. The Morgan fingerprint density at radius 2 is 1.70 bits per heavy atom. The second-order valence-electron chi connectivity index (χ2n) is 7.23. The van der Waals surface area contributed by atoms with Crippen molar-refractivity contribution in [1.29, 1.82) is 0 Å². The van der Waals surface area contributed by atoms with Crippen LogP contribution in [0.2, 0.25) is 0 Å². The summed E-state index contributed by atoms with van der Waals surface area (Å²) >= 11 is 0. The molecule has 0 radical (unpaired) electrons. The standard InChI is InChI=1S/C18H24FN3O/c19-14-3-5-15(6-4-14)21-7-9-22(10-8-21)18(23)16-12-1-2-13(11-12)17(16)20/h3-6,12-13,16-17H,1-2,7-11,20H2. The Kier molecular flexibility index (Phi) is 3.76. The van der Waals surface area contributed by atoms with Crippen molar-refractivity contribution in [2.24, 2.45) is 23.5 Å². The third-order valence-corrected chi connectivity index (χ3v) is 6.05. The number of anilines is 1. The molecule has 1 aliphatic heterocycles. The molecule has 4 nitrogen and oxygen atoms in total. The van der Waals surface area contributed by atoms with Crippen LogP contribution in [0.15, 0.2) is 24.3 Å². The van der Waals surface area contributed by atoms with Crippen LogP contribution in [-0.2, 0) is 4.79 Å². The van der Waals surface area contributed by atoms with E-state index in [0.29, 0.717) is 11.8 Å². The van der Waals surface area contributed by atoms with Gasteiger partial charge in [-0.1, -0.05) is 0 Å². The molecule has 23 heavy (non-hydrogen) atoms. The predicted octanol–water partition coefficient (Wildman–Crippen LogP) is 1.85. The number of amides is 1. The number of carbonyl (C=O) groups excluding carboxylic acids is 1. The van der Waals surface area contributed by atoms with E-state index in [-0.39, 0.29) is 23.7 Å². The predicted molar refractivity (Wildman–Crippen MR) is 87.5 cm³/mol. The van der Waals surface area contributed by atoms with E-state index in [9.17, 15) is 9.18 Å². The number of nitrogens with two attached hydrogens (primary N) is 1. The molecule has 124 valence electrons. The molecule has 3 fully saturated rings. The second kappa shape index (κ2) is 5.78. The maximum Gasteiger partial charge on any atom is 0.227 e. The summed E-state index contributed by atoms with van der Waals surface area (Å²) in [4.78, 5) is 17.1. The van der Waals surface area contributed by atoms with Gasteiger partial charge in [-0.25, -0.2) is 4.39 Å². The van der Waals surface area contributed by atoms with E-state index in [1.54, 1.807) is 12.1 Å². The Labute approximate surface area is 136 Å². The van der Waals surface area contributed by atoms with Gasteiger partial charge in [-0.15, -0.1) is 0 Å². The van der Waals surface area contributed by atoms with Crippen molar-refractivity contribution < 1.29 is 9.18 Å². The highest BCUT2D eigenvalue weighted by atomic mass is 19.1. The van der Waals surface area contributed by atoms with Crippen LogP contribution < -0.4 is 10.6 Å². The molecule has 1 saturated heterocycles. The summed E-state index contributed by atoms with van der Waals surface area (Å²) in [6, 6.07) is 6.65. The molecule has 3 aliphatic rings. The van der Waals surface area contributed by atoms with E-state index in [2.05, 4.69) is 4.90 Å². The van der Waals surface area contributed by atoms with Crippen LogP contribution in [0.25, 0.3) is 0 Å². The van der Waals surface area contributed by atoms with Crippen molar-refractivity contribution in [1.82, 2.24) is 4.90 Å². The van der Waals surface area contributed by atoms with Crippen LogP contribution in [0, 0.1) is 23.6 Å². The van der Waals surface area contributed by atoms with Crippen molar-refractivity contribution >= 4 is 11.6 Å². The lowest BCUT2D eigenvalue weighted by atomic mass is 9.84. The van der Waals surface area contributed by atoms with Gasteiger partial charge in [0.05, 0.1) is 5.92 Å². The lowest BCUT2D eigenvalue weighted by Gasteiger charge is -2.39. The molecule has 2 N–H and O–H groups in total. The largest absolute Gasteiger partial charge is 0.368 e. The van der Waals surface area contributed by atoms with Gasteiger partial charge in [-0.05, 0) is 55.4 Å². The molecule has 2 bridgehead atoms. The summed E-state index contributed by atoms with van der Waals surface area (Å²) in [7, 11) is 0. The molecule has 0 aromatic heterocycles. The van der Waals surface area contributed by atoms with Crippen LogP contribution >= 0.6 is 0 Å². The van der Waals surface area contributed by atoms with Gasteiger partial charge >= 0.3 is 0 Å². The highest BCUT2D eigenvalue weighted by Gasteiger charge is 2.50. The van der Waals surface area contributed by atoms with E-state index in [1.807, 2.05) is 4.90 Å². The number of piperazine rings is 1. The lowest BCUT2D eigenvalue weighted by molar-refractivity contribution is -0.138. The normalized spacial score (nSPS) is 33.3. The fourth-order valence-electron chi connectivity index (χ4n) is 4.75. The van der Waals surface area contributed by atoms with Gasteiger partial charge in [0.15, 0.2) is 0 Å². The Balaban J connectivity index is 1.38. The first kappa shape index (κ1) is 14.9. The molecular weight excluding hydrogens is 293 g/mol. The maximum atomic E-state index is 13.0. The summed E-state index contributed by atoms with van der Waals surface area (Å²) in [5.41, 5.74) is 7.33. The van der Waals surface area contributed by atoms with E-state index in [0.717, 1.165) is 38.3 Å². The average Bonchev–Trinajstić information content (AvgIpc) is 3.16. The Morgan fingerprint density at radius 3 is 2.30 bits per heavy atom. The SMILES string of the molecule is NC1C2CCC(C2)C1C(=O)N1CCN(c2ccc(F)cc2)CC1. The number of benzene rings is 1. The first-order valence-corrected chi connectivity index (χ1v) is 8.68. The highest BCUT2D eigenvalue weighted by molar-refractivity contribution is 5.81. The zero-order valence-corrected chi connectivity index (χ0v) is 13.3. The van der Waals surface area contributed by atoms with E-state index in [1.165, 1.54) is 25.0 Å². The number of fused-ring (bicyclic) bond motifs is 2. The number of halogens is 1. The molecule has 4 unspecified atom stereocenters. The fraction of sp³-hybridized carbons (Fsp3) is 0.611. The monoisotopic (exact) mass is 317 g/mol. The Morgan fingerprint density at radius 1 is 1.04 bits per heavy atom. The Hall–Kier alpha value is -1.62. The summed E-state index contributed by atoms with van der Waals surface area (Å²) in [5, 5.41) is 0. The van der Waals surface area contributed by atoms with Crippen molar-refractivity contribution in [2.75, 3.05) is 31.1 Å². The van der Waals surface area contributed by atoms with Crippen LogP contribution in [-0.4, -0.2) is 43.0 Å². The molecule has 1 heterocycles. The van der Waals surface area contributed by atoms with E-state index >= 15 is 0 Å². The van der Waals surface area contributed by atoms with Gasteiger partial charge in [0.2, 0.25) is 5.91 Å². The number of hydrogen-bond acceptors (Lipinski definition) is 3. The van der Waals surface area contributed by atoms with Gasteiger partial charge in [0, 0.05) is 37.9 Å². The van der Waals surface area contributed by atoms with Gasteiger partial charge in [0.1, 0.15) is 5.82 Å². The molecule has 4 atom stereocenters. The molecule has 4 rings (SSSR count). The molecule has 2 saturated carbocycles. The third-order valence-electron chi connectivity index (χ3n) is 6.05. The summed E-state index contributed by atoms with van der Waals surface area (Å²) in [6.07, 6.45) is 3.52. The smallest absolute Gasteiger partial charge is 0.227 e. The molecule has 1 aromatic rings. The van der Waals surface area contributed by atoms with Gasteiger partial charge in [0.25, 0.3) is 0 Å². The summed E-state index contributed by atoms with van der Waals surface area (Å²) < 4.78 is 13.0. The molecule has 1 aromatic carbocycles. The second-order valence-corrected chi connectivity index (χ2v) is 7.23. The van der Waals surface area contributed by atoms with Crippen LogP contribution in [0.5, 0.6) is 0 Å². The van der Waals surface area contributed by atoms with E-state index in [4.69, 9.17) is 5.73 Å². The zero-order chi connectivity index (χ0) is 16.0. The Bertz CT molecular complexity index is 580. The quantitative estimate of drug-likeness (QED) is 0.905. The topological polar surface area (TPSA) is 49.6 Å². The first-order chi connectivity index (χ1) is 11.1. The first-order valence-electron chi connectivity index (χ1n) is 8.68. The highest BCUT2D eigenvalue weighted by Crippen LogP contribution is 2.48. The van der Waals surface area contributed by atoms with Crippen LogP contribution in [0.4, 0.5) is 10.1 Å². The van der Waals surface area contributed by atoms with Gasteiger partial charge < -0.3 is 15.5 Å². The molecule has 5 heteroatoms. The number of carbonyl (C=O) groups is 1. The van der Waals surface area contributed by atoms with Crippen molar-refractivity contribution in [3.8, 4) is 0 Å². The molecule has 0 spiro atoms. The van der Waals surface area contributed by atoms with Crippen LogP contribution in [0.1, 0.15) is 19.3 Å². The molecular formula is C18H24FN3O.